The highest BCUT2D eigenvalue weighted by atomic mass is 32.1. The Morgan fingerprint density at radius 2 is 2.04 bits per heavy atom. The maximum atomic E-state index is 12.5. The van der Waals surface area contributed by atoms with Crippen molar-refractivity contribution < 1.29 is 15.0 Å². The van der Waals surface area contributed by atoms with E-state index in [0.717, 1.165) is 17.9 Å². The van der Waals surface area contributed by atoms with E-state index in [1.54, 1.807) is 35.1 Å². The summed E-state index contributed by atoms with van der Waals surface area (Å²) >= 11 is 1.81. The third-order valence-electron chi connectivity index (χ3n) is 6.36. The number of fused-ring (bicyclic) bond motifs is 3. The van der Waals surface area contributed by atoms with Gasteiger partial charge in [-0.25, -0.2) is 0 Å². The summed E-state index contributed by atoms with van der Waals surface area (Å²) < 4.78 is 0. The molecule has 4 heteroatoms. The van der Waals surface area contributed by atoms with Crippen LogP contribution in [0.25, 0.3) is 6.08 Å². The Morgan fingerprint density at radius 3 is 2.70 bits per heavy atom. The summed E-state index contributed by atoms with van der Waals surface area (Å²) in [7, 11) is 0. The molecule has 27 heavy (non-hydrogen) atoms. The van der Waals surface area contributed by atoms with Gasteiger partial charge in [0, 0.05) is 21.7 Å². The fourth-order valence-corrected chi connectivity index (χ4v) is 5.83. The van der Waals surface area contributed by atoms with Crippen molar-refractivity contribution >= 4 is 23.2 Å². The number of aryl methyl sites for hydroxylation is 1. The van der Waals surface area contributed by atoms with Gasteiger partial charge in [-0.2, -0.15) is 0 Å². The fourth-order valence-electron chi connectivity index (χ4n) is 4.69. The van der Waals surface area contributed by atoms with Crippen molar-refractivity contribution in [1.82, 2.24) is 0 Å². The first-order valence-electron chi connectivity index (χ1n) is 9.55. The van der Waals surface area contributed by atoms with Crippen molar-refractivity contribution in [1.29, 1.82) is 0 Å². The van der Waals surface area contributed by atoms with Crippen LogP contribution in [0.4, 0.5) is 0 Å². The highest BCUT2D eigenvalue weighted by Crippen LogP contribution is 2.71. The normalized spacial score (nSPS) is 23.3. The van der Waals surface area contributed by atoms with E-state index < -0.39 is 6.10 Å². The predicted molar refractivity (Wildman–Crippen MR) is 109 cm³/mol. The van der Waals surface area contributed by atoms with E-state index in [1.807, 2.05) is 18.2 Å². The van der Waals surface area contributed by atoms with Crippen LogP contribution in [0.2, 0.25) is 0 Å². The van der Waals surface area contributed by atoms with Gasteiger partial charge in [-0.1, -0.05) is 38.1 Å². The first-order valence-corrected chi connectivity index (χ1v) is 10.4. The molecule has 0 unspecified atom stereocenters. The zero-order valence-electron chi connectivity index (χ0n) is 16.0. The Hall–Kier alpha value is -1.75. The average molecular weight is 383 g/mol. The molecule has 1 fully saturated rings. The van der Waals surface area contributed by atoms with Gasteiger partial charge in [0.15, 0.2) is 5.78 Å². The first kappa shape index (κ1) is 18.6. The third-order valence-corrected chi connectivity index (χ3v) is 7.49. The standard InChI is InChI=1S/C23H26O3S/c1-13-21-17(11-18-22(21)23(18,2)3)20(27-13)9-8-19(26)15-6-4-14(5-7-15)10-16(25)12-24/h4-9,16,18,22,24-25H,10-12H2,1-3H3/t16-,18+,22+/m0/s1. The molecule has 0 aliphatic heterocycles. The number of ketones is 1. The highest BCUT2D eigenvalue weighted by Gasteiger charge is 2.63. The Morgan fingerprint density at radius 1 is 1.33 bits per heavy atom. The van der Waals surface area contributed by atoms with Crippen LogP contribution in [0.1, 0.15) is 56.6 Å². The lowest BCUT2D eigenvalue weighted by molar-refractivity contribution is 0.0955. The lowest BCUT2D eigenvalue weighted by Gasteiger charge is -2.09. The quantitative estimate of drug-likeness (QED) is 0.583. The molecule has 4 rings (SSSR count). The molecule has 142 valence electrons. The molecular weight excluding hydrogens is 356 g/mol. The van der Waals surface area contributed by atoms with Crippen LogP contribution < -0.4 is 0 Å². The molecule has 2 N–H and O–H groups in total. The second kappa shape index (κ2) is 6.69. The summed E-state index contributed by atoms with van der Waals surface area (Å²) in [6, 6.07) is 7.24. The van der Waals surface area contributed by atoms with Gasteiger partial charge in [0.1, 0.15) is 0 Å². The fraction of sp³-hybridized carbons (Fsp3) is 0.435. The minimum absolute atomic E-state index is 0.00690. The predicted octanol–water partition coefficient (Wildman–Crippen LogP) is 4.14. The molecule has 0 radical (unpaired) electrons. The zero-order valence-corrected chi connectivity index (χ0v) is 16.8. The molecule has 0 spiro atoms. The van der Waals surface area contributed by atoms with Gasteiger partial charge in [-0.05, 0) is 59.4 Å². The number of thiophene rings is 1. The van der Waals surface area contributed by atoms with E-state index in [0.29, 0.717) is 23.3 Å². The minimum Gasteiger partial charge on any atom is -0.394 e. The lowest BCUT2D eigenvalue weighted by Crippen LogP contribution is -2.15. The number of rotatable bonds is 6. The van der Waals surface area contributed by atoms with Crippen LogP contribution in [0.5, 0.6) is 0 Å². The first-order chi connectivity index (χ1) is 12.8. The van der Waals surface area contributed by atoms with Crippen LogP contribution >= 0.6 is 11.3 Å². The molecule has 2 aromatic rings. The molecule has 2 aliphatic rings. The molecule has 1 heterocycles. The summed E-state index contributed by atoms with van der Waals surface area (Å²) in [4.78, 5) is 15.2. The molecule has 2 aliphatic carbocycles. The Bertz CT molecular complexity index is 904. The molecule has 1 aromatic carbocycles. The SMILES string of the molecule is Cc1sc(C=CC(=O)c2ccc(C[C@H](O)CO)cc2)c2c1[C@H]1[C@@H](C2)C1(C)C. The van der Waals surface area contributed by atoms with Gasteiger partial charge in [-0.3, -0.25) is 4.79 Å². The van der Waals surface area contributed by atoms with E-state index in [2.05, 4.69) is 20.8 Å². The van der Waals surface area contributed by atoms with Crippen molar-refractivity contribution in [3.63, 3.8) is 0 Å². The zero-order chi connectivity index (χ0) is 19.3. The average Bonchev–Trinajstić information content (AvgIpc) is 2.96. The number of aliphatic hydroxyl groups excluding tert-OH is 2. The maximum absolute atomic E-state index is 12.5. The second-order valence-corrected chi connectivity index (χ2v) is 9.72. The van der Waals surface area contributed by atoms with Gasteiger partial charge in [0.25, 0.3) is 0 Å². The Kier molecular flexibility index (Phi) is 4.61. The number of benzene rings is 1. The lowest BCUT2D eigenvalue weighted by atomic mass is 9.95. The van der Waals surface area contributed by atoms with Crippen molar-refractivity contribution in [2.75, 3.05) is 6.61 Å². The number of allylic oxidation sites excluding steroid dienone is 1. The van der Waals surface area contributed by atoms with Crippen LogP contribution in [0.3, 0.4) is 0 Å². The molecule has 0 bridgehead atoms. The topological polar surface area (TPSA) is 57.5 Å². The van der Waals surface area contributed by atoms with Crippen molar-refractivity contribution in [3.8, 4) is 0 Å². The van der Waals surface area contributed by atoms with E-state index in [4.69, 9.17) is 5.11 Å². The largest absolute Gasteiger partial charge is 0.394 e. The summed E-state index contributed by atoms with van der Waals surface area (Å²) in [6.45, 7) is 6.68. The van der Waals surface area contributed by atoms with E-state index >= 15 is 0 Å². The number of carbonyl (C=O) groups excluding carboxylic acids is 1. The van der Waals surface area contributed by atoms with E-state index in [1.165, 1.54) is 15.3 Å². The van der Waals surface area contributed by atoms with Gasteiger partial charge in [-0.15, -0.1) is 11.3 Å². The second-order valence-electron chi connectivity index (χ2n) is 8.46. The number of carbonyl (C=O) groups is 1. The monoisotopic (exact) mass is 382 g/mol. The maximum Gasteiger partial charge on any atom is 0.185 e. The van der Waals surface area contributed by atoms with E-state index in [-0.39, 0.29) is 12.4 Å². The van der Waals surface area contributed by atoms with Crippen LogP contribution in [-0.4, -0.2) is 28.7 Å². The number of hydrogen-bond acceptors (Lipinski definition) is 4. The van der Waals surface area contributed by atoms with Gasteiger partial charge >= 0.3 is 0 Å². The number of aliphatic hydroxyl groups is 2. The number of hydrogen-bond donors (Lipinski definition) is 2. The molecule has 3 nitrogen and oxygen atoms in total. The molecular formula is C23H26O3S. The minimum atomic E-state index is -0.758. The molecule has 0 amide bonds. The van der Waals surface area contributed by atoms with Gasteiger partial charge < -0.3 is 10.2 Å². The van der Waals surface area contributed by atoms with E-state index in [9.17, 15) is 9.90 Å². The third kappa shape index (κ3) is 3.20. The molecule has 1 saturated carbocycles. The van der Waals surface area contributed by atoms with Crippen molar-refractivity contribution in [2.24, 2.45) is 11.3 Å². The summed E-state index contributed by atoms with van der Waals surface area (Å²) in [6.07, 6.45) is 4.44. The van der Waals surface area contributed by atoms with Gasteiger partial charge in [0.2, 0.25) is 0 Å². The van der Waals surface area contributed by atoms with Crippen molar-refractivity contribution in [3.05, 3.63) is 62.3 Å². The Balaban J connectivity index is 1.47. The molecule has 1 aromatic heterocycles. The van der Waals surface area contributed by atoms with Crippen LogP contribution in [0.15, 0.2) is 30.3 Å². The molecule has 3 atom stereocenters. The smallest absolute Gasteiger partial charge is 0.185 e. The Labute approximate surface area is 164 Å². The van der Waals surface area contributed by atoms with Crippen LogP contribution in [-0.2, 0) is 12.8 Å². The molecule has 0 saturated heterocycles. The summed E-state index contributed by atoms with van der Waals surface area (Å²) in [5.41, 5.74) is 5.01. The highest BCUT2D eigenvalue weighted by molar-refractivity contribution is 7.13. The van der Waals surface area contributed by atoms with Gasteiger partial charge in [0.05, 0.1) is 12.7 Å². The van der Waals surface area contributed by atoms with Crippen LogP contribution in [0, 0.1) is 18.3 Å². The van der Waals surface area contributed by atoms with Crippen molar-refractivity contribution in [2.45, 2.75) is 45.6 Å². The summed E-state index contributed by atoms with van der Waals surface area (Å²) in [5, 5.41) is 18.4. The summed E-state index contributed by atoms with van der Waals surface area (Å²) in [5.74, 6) is 1.48.